The molecule has 6 nitrogen and oxygen atoms in total. The first-order valence-electron chi connectivity index (χ1n) is 9.40. The van der Waals surface area contributed by atoms with Crippen molar-refractivity contribution in [3.05, 3.63) is 24.3 Å². The minimum Gasteiger partial charge on any atom is -0.497 e. The lowest BCUT2D eigenvalue weighted by Gasteiger charge is -2.38. The van der Waals surface area contributed by atoms with Crippen LogP contribution in [0.25, 0.3) is 0 Å². The summed E-state index contributed by atoms with van der Waals surface area (Å²) >= 11 is 0. The summed E-state index contributed by atoms with van der Waals surface area (Å²) in [6.45, 7) is 5.90. The minimum atomic E-state index is -0.478. The molecule has 2 saturated heterocycles. The van der Waals surface area contributed by atoms with Gasteiger partial charge in [0.15, 0.2) is 0 Å². The monoisotopic (exact) mass is 349 g/mol. The molecule has 2 unspecified atom stereocenters. The largest absolute Gasteiger partial charge is 0.497 e. The van der Waals surface area contributed by atoms with E-state index in [1.165, 1.54) is 5.69 Å². The molecule has 0 bridgehead atoms. The quantitative estimate of drug-likeness (QED) is 0.808. The van der Waals surface area contributed by atoms with Crippen molar-refractivity contribution in [3.63, 3.8) is 0 Å². The van der Waals surface area contributed by atoms with Crippen LogP contribution in [0.3, 0.4) is 0 Å². The van der Waals surface area contributed by atoms with Gasteiger partial charge < -0.3 is 19.8 Å². The number of likely N-dealkylation sites (tertiary alicyclic amines) is 1. The van der Waals surface area contributed by atoms with Crippen LogP contribution in [-0.4, -0.2) is 78.8 Å². The normalized spacial score (nSPS) is 26.0. The molecule has 2 aliphatic heterocycles. The van der Waals surface area contributed by atoms with Crippen molar-refractivity contribution in [2.75, 3.05) is 51.3 Å². The van der Waals surface area contributed by atoms with E-state index in [0.29, 0.717) is 0 Å². The van der Waals surface area contributed by atoms with Crippen LogP contribution in [0, 0.1) is 0 Å². The molecule has 0 spiro atoms. The fraction of sp³-hybridized carbons (Fsp3) is 0.684. The second kappa shape index (κ2) is 8.85. The minimum absolute atomic E-state index is 0.478. The Morgan fingerprint density at radius 1 is 1.04 bits per heavy atom. The average Bonchev–Trinajstić information content (AvgIpc) is 2.65. The van der Waals surface area contributed by atoms with Gasteiger partial charge in [0.2, 0.25) is 0 Å². The smallest absolute Gasteiger partial charge is 0.120 e. The number of methoxy groups -OCH3 is 1. The van der Waals surface area contributed by atoms with Crippen molar-refractivity contribution >= 4 is 5.69 Å². The van der Waals surface area contributed by atoms with Gasteiger partial charge in [-0.1, -0.05) is 6.07 Å². The van der Waals surface area contributed by atoms with Gasteiger partial charge in [0.1, 0.15) is 18.2 Å². The van der Waals surface area contributed by atoms with Crippen molar-refractivity contribution in [1.29, 1.82) is 0 Å². The van der Waals surface area contributed by atoms with Gasteiger partial charge in [-0.25, -0.2) is 0 Å². The number of hydrogen-bond acceptors (Lipinski definition) is 6. The van der Waals surface area contributed by atoms with E-state index >= 15 is 0 Å². The first kappa shape index (κ1) is 18.5. The third-order valence-electron chi connectivity index (χ3n) is 5.37. The second-order valence-electron chi connectivity index (χ2n) is 7.01. The predicted octanol–water partition coefficient (Wildman–Crippen LogP) is 1.33. The maximum absolute atomic E-state index is 10.0. The lowest BCUT2D eigenvalue weighted by Crippen LogP contribution is -2.49. The summed E-state index contributed by atoms with van der Waals surface area (Å²) in [6, 6.07) is 8.24. The van der Waals surface area contributed by atoms with Crippen LogP contribution in [0.5, 0.6) is 5.75 Å². The fourth-order valence-electron chi connectivity index (χ4n) is 3.83. The molecule has 2 heterocycles. The van der Waals surface area contributed by atoms with Crippen molar-refractivity contribution < 1.29 is 14.9 Å². The first-order chi connectivity index (χ1) is 12.2. The standard InChI is InChI=1S/C19H31N3O3/c1-25-17-6-2-5-16(15-17)21-13-11-20(12-14-21)9-4-10-22-18(23)7-3-8-19(22)24/h2,5-6,15,18-19,23-24H,3-4,7-14H2,1H3. The summed E-state index contributed by atoms with van der Waals surface area (Å²) in [5.74, 6) is 0.901. The van der Waals surface area contributed by atoms with E-state index in [9.17, 15) is 10.2 Å². The molecule has 2 N–H and O–H groups in total. The van der Waals surface area contributed by atoms with E-state index < -0.39 is 12.5 Å². The lowest BCUT2D eigenvalue weighted by atomic mass is 10.1. The molecule has 1 aromatic rings. The van der Waals surface area contributed by atoms with Gasteiger partial charge in [-0.15, -0.1) is 0 Å². The molecule has 3 rings (SSSR count). The Hall–Kier alpha value is -1.34. The molecule has 0 amide bonds. The number of hydrogen-bond donors (Lipinski definition) is 2. The van der Waals surface area contributed by atoms with E-state index in [-0.39, 0.29) is 0 Å². The predicted molar refractivity (Wildman–Crippen MR) is 98.8 cm³/mol. The van der Waals surface area contributed by atoms with E-state index in [1.54, 1.807) is 7.11 Å². The number of aliphatic hydroxyl groups excluding tert-OH is 2. The molecule has 2 fully saturated rings. The van der Waals surface area contributed by atoms with Crippen molar-refractivity contribution in [1.82, 2.24) is 9.80 Å². The Bertz CT molecular complexity index is 524. The van der Waals surface area contributed by atoms with E-state index in [1.807, 2.05) is 17.0 Å². The van der Waals surface area contributed by atoms with Crippen LogP contribution >= 0.6 is 0 Å². The Morgan fingerprint density at radius 3 is 2.44 bits per heavy atom. The number of nitrogens with zero attached hydrogens (tertiary/aromatic N) is 3. The van der Waals surface area contributed by atoms with Gasteiger partial charge in [-0.3, -0.25) is 9.80 Å². The summed E-state index contributed by atoms with van der Waals surface area (Å²) in [4.78, 5) is 6.71. The molecule has 0 aliphatic carbocycles. The summed E-state index contributed by atoms with van der Waals surface area (Å²) in [6.07, 6.45) is 2.48. The number of aliphatic hydroxyl groups is 2. The number of piperidine rings is 1. The topological polar surface area (TPSA) is 59.4 Å². The number of ether oxygens (including phenoxy) is 1. The molecule has 6 heteroatoms. The Labute approximate surface area is 150 Å². The number of anilines is 1. The molecule has 2 aliphatic rings. The van der Waals surface area contributed by atoms with E-state index in [2.05, 4.69) is 21.9 Å². The molecular formula is C19H31N3O3. The summed E-state index contributed by atoms with van der Waals surface area (Å²) in [5, 5.41) is 20.0. The van der Waals surface area contributed by atoms with Crippen LogP contribution in [-0.2, 0) is 0 Å². The van der Waals surface area contributed by atoms with Gasteiger partial charge in [0.05, 0.1) is 7.11 Å². The van der Waals surface area contributed by atoms with Gasteiger partial charge in [0.25, 0.3) is 0 Å². The third kappa shape index (κ3) is 4.85. The summed E-state index contributed by atoms with van der Waals surface area (Å²) in [5.41, 5.74) is 1.22. The molecule has 0 radical (unpaired) electrons. The highest BCUT2D eigenvalue weighted by molar-refractivity contribution is 5.51. The highest BCUT2D eigenvalue weighted by Gasteiger charge is 2.27. The maximum atomic E-state index is 10.0. The molecular weight excluding hydrogens is 318 g/mol. The third-order valence-corrected chi connectivity index (χ3v) is 5.37. The average molecular weight is 349 g/mol. The van der Waals surface area contributed by atoms with Crippen molar-refractivity contribution in [3.8, 4) is 5.75 Å². The highest BCUT2D eigenvalue weighted by atomic mass is 16.5. The lowest BCUT2D eigenvalue weighted by molar-refractivity contribution is -0.131. The Morgan fingerprint density at radius 2 is 1.76 bits per heavy atom. The molecule has 140 valence electrons. The van der Waals surface area contributed by atoms with E-state index in [0.717, 1.165) is 70.7 Å². The maximum Gasteiger partial charge on any atom is 0.120 e. The highest BCUT2D eigenvalue weighted by Crippen LogP contribution is 2.23. The molecule has 0 saturated carbocycles. The fourth-order valence-corrected chi connectivity index (χ4v) is 3.83. The summed E-state index contributed by atoms with van der Waals surface area (Å²) < 4.78 is 5.31. The SMILES string of the molecule is COc1cccc(N2CCN(CCCN3C(O)CCCC3O)CC2)c1. The van der Waals surface area contributed by atoms with Crippen molar-refractivity contribution in [2.45, 2.75) is 38.1 Å². The van der Waals surface area contributed by atoms with Gasteiger partial charge >= 0.3 is 0 Å². The second-order valence-corrected chi connectivity index (χ2v) is 7.01. The first-order valence-corrected chi connectivity index (χ1v) is 9.40. The number of piperazine rings is 1. The van der Waals surface area contributed by atoms with Crippen LogP contribution < -0.4 is 9.64 Å². The molecule has 1 aromatic carbocycles. The number of benzene rings is 1. The molecule has 2 atom stereocenters. The van der Waals surface area contributed by atoms with Crippen LogP contribution in [0.4, 0.5) is 5.69 Å². The summed E-state index contributed by atoms with van der Waals surface area (Å²) in [7, 11) is 1.70. The number of rotatable bonds is 6. The van der Waals surface area contributed by atoms with Gasteiger partial charge in [-0.2, -0.15) is 0 Å². The van der Waals surface area contributed by atoms with Gasteiger partial charge in [0, 0.05) is 44.5 Å². The zero-order valence-electron chi connectivity index (χ0n) is 15.2. The zero-order valence-corrected chi connectivity index (χ0v) is 15.2. The Balaban J connectivity index is 1.40. The molecule has 25 heavy (non-hydrogen) atoms. The van der Waals surface area contributed by atoms with Crippen LogP contribution in [0.2, 0.25) is 0 Å². The zero-order chi connectivity index (χ0) is 17.6. The Kier molecular flexibility index (Phi) is 6.53. The van der Waals surface area contributed by atoms with E-state index in [4.69, 9.17) is 4.74 Å². The van der Waals surface area contributed by atoms with Gasteiger partial charge in [-0.05, 0) is 44.4 Å². The van der Waals surface area contributed by atoms with Crippen LogP contribution in [0.1, 0.15) is 25.7 Å². The molecule has 0 aromatic heterocycles. The van der Waals surface area contributed by atoms with Crippen LogP contribution in [0.15, 0.2) is 24.3 Å². The van der Waals surface area contributed by atoms with Crippen molar-refractivity contribution in [2.24, 2.45) is 0 Å².